The Kier molecular flexibility index (Phi) is 4.07. The molecular weight excluding hydrogens is 345 g/mol. The summed E-state index contributed by atoms with van der Waals surface area (Å²) in [6.07, 6.45) is -1.39. The lowest BCUT2D eigenvalue weighted by Crippen LogP contribution is -2.28. The quantitative estimate of drug-likeness (QED) is 0.736. The van der Waals surface area contributed by atoms with Crippen LogP contribution >= 0.6 is 0 Å². The molecule has 3 aromatic rings. The number of nitrogens with zero attached hydrogens (tertiary/aromatic N) is 2. The van der Waals surface area contributed by atoms with Crippen molar-refractivity contribution in [2.45, 2.75) is 24.9 Å². The van der Waals surface area contributed by atoms with Gasteiger partial charge < -0.3 is 10.3 Å². The lowest BCUT2D eigenvalue weighted by Gasteiger charge is -2.23. The third kappa shape index (κ3) is 2.90. The van der Waals surface area contributed by atoms with E-state index in [0.29, 0.717) is 5.65 Å². The number of hydrogen-bond acceptors (Lipinski definition) is 3. The van der Waals surface area contributed by atoms with Crippen LogP contribution in [0.5, 0.6) is 0 Å². The summed E-state index contributed by atoms with van der Waals surface area (Å²) in [4.78, 5) is 14.8. The summed E-state index contributed by atoms with van der Waals surface area (Å²) in [6, 6.07) is 6.82. The minimum Gasteiger partial charge on any atom is -0.317 e. The van der Waals surface area contributed by atoms with Gasteiger partial charge in [-0.25, -0.2) is 4.52 Å². The van der Waals surface area contributed by atoms with E-state index in [0.717, 1.165) is 37.7 Å². The average Bonchev–Trinajstić information content (AvgIpc) is 3.04. The number of rotatable bonds is 2. The summed E-state index contributed by atoms with van der Waals surface area (Å²) in [6.45, 7) is 1.67. The van der Waals surface area contributed by atoms with Gasteiger partial charge in [-0.2, -0.15) is 18.3 Å². The van der Waals surface area contributed by atoms with Gasteiger partial charge in [0.2, 0.25) is 0 Å². The van der Waals surface area contributed by atoms with Crippen molar-refractivity contribution in [1.82, 2.24) is 19.9 Å². The Hall–Kier alpha value is -2.61. The number of alkyl halides is 3. The molecule has 0 spiro atoms. The van der Waals surface area contributed by atoms with Crippen LogP contribution in [-0.4, -0.2) is 27.7 Å². The fraction of sp³-hybridized carbons (Fsp3) is 0.333. The number of aromatic nitrogens is 3. The first-order valence-electron chi connectivity index (χ1n) is 8.43. The maximum absolute atomic E-state index is 13.4. The summed E-state index contributed by atoms with van der Waals surface area (Å²) in [5, 5.41) is 7.55. The monoisotopic (exact) mass is 362 g/mol. The summed E-state index contributed by atoms with van der Waals surface area (Å²) in [5.41, 5.74) is 0.225. The maximum atomic E-state index is 13.4. The van der Waals surface area contributed by atoms with Gasteiger partial charge in [-0.05, 0) is 37.6 Å². The highest BCUT2D eigenvalue weighted by Gasteiger charge is 2.34. The van der Waals surface area contributed by atoms with Crippen LogP contribution in [0.2, 0.25) is 0 Å². The molecule has 26 heavy (non-hydrogen) atoms. The van der Waals surface area contributed by atoms with Crippen LogP contribution < -0.4 is 10.9 Å². The highest BCUT2D eigenvalue weighted by Crippen LogP contribution is 2.38. The van der Waals surface area contributed by atoms with E-state index in [1.54, 1.807) is 10.6 Å². The highest BCUT2D eigenvalue weighted by molar-refractivity contribution is 5.79. The highest BCUT2D eigenvalue weighted by atomic mass is 19.4. The van der Waals surface area contributed by atoms with Crippen LogP contribution in [0.15, 0.2) is 41.3 Å². The Bertz CT molecular complexity index is 1000. The van der Waals surface area contributed by atoms with Gasteiger partial charge in [-0.15, -0.1) is 0 Å². The van der Waals surface area contributed by atoms with E-state index in [4.69, 9.17) is 0 Å². The Balaban J connectivity index is 1.92. The zero-order valence-corrected chi connectivity index (χ0v) is 13.8. The summed E-state index contributed by atoms with van der Waals surface area (Å²) < 4.78 is 41.7. The predicted molar refractivity (Wildman–Crippen MR) is 91.1 cm³/mol. The number of fused-ring (bicyclic) bond motifs is 1. The molecule has 0 saturated carbocycles. The van der Waals surface area contributed by atoms with E-state index in [9.17, 15) is 18.0 Å². The van der Waals surface area contributed by atoms with Crippen molar-refractivity contribution < 1.29 is 13.2 Å². The number of halogens is 3. The van der Waals surface area contributed by atoms with Crippen LogP contribution in [0, 0.1) is 0 Å². The molecule has 2 N–H and O–H groups in total. The summed E-state index contributed by atoms with van der Waals surface area (Å²) in [5.74, 6) is 0.145. The molecule has 3 heterocycles. The summed E-state index contributed by atoms with van der Waals surface area (Å²) >= 11 is 0. The first-order valence-corrected chi connectivity index (χ1v) is 8.43. The Morgan fingerprint density at radius 1 is 1.12 bits per heavy atom. The van der Waals surface area contributed by atoms with E-state index < -0.39 is 11.7 Å². The Morgan fingerprint density at radius 3 is 2.58 bits per heavy atom. The van der Waals surface area contributed by atoms with E-state index >= 15 is 0 Å². The van der Waals surface area contributed by atoms with Gasteiger partial charge >= 0.3 is 6.18 Å². The first-order chi connectivity index (χ1) is 12.4. The largest absolute Gasteiger partial charge is 0.417 e. The zero-order valence-electron chi connectivity index (χ0n) is 13.8. The van der Waals surface area contributed by atoms with Gasteiger partial charge in [0.1, 0.15) is 5.65 Å². The molecule has 4 rings (SSSR count). The van der Waals surface area contributed by atoms with Crippen molar-refractivity contribution >= 4 is 5.65 Å². The first kappa shape index (κ1) is 16.8. The molecule has 0 amide bonds. The number of H-pyrrole nitrogens is 1. The predicted octanol–water partition coefficient (Wildman–Crippen LogP) is 3.18. The second kappa shape index (κ2) is 6.28. The molecule has 1 aliphatic rings. The minimum atomic E-state index is -4.49. The molecule has 136 valence electrons. The van der Waals surface area contributed by atoms with Crippen LogP contribution in [0.1, 0.15) is 30.0 Å². The average molecular weight is 362 g/mol. The molecule has 8 heteroatoms. The smallest absolute Gasteiger partial charge is 0.317 e. The SMILES string of the molecule is O=c1cc(C2CCNCC2)n2ncc(-c3ccccc3C(F)(F)F)c2[nH]1. The van der Waals surface area contributed by atoms with E-state index in [2.05, 4.69) is 15.4 Å². The molecular formula is C18H17F3N4O. The fourth-order valence-corrected chi connectivity index (χ4v) is 3.58. The van der Waals surface area contributed by atoms with Crippen LogP contribution in [0.4, 0.5) is 13.2 Å². The van der Waals surface area contributed by atoms with Gasteiger partial charge in [0.15, 0.2) is 0 Å². The lowest BCUT2D eigenvalue weighted by molar-refractivity contribution is -0.137. The number of nitrogens with one attached hydrogen (secondary N) is 2. The standard InChI is InChI=1S/C18H17F3N4O/c19-18(20,21)14-4-2-1-3-12(14)13-10-23-25-15(9-16(26)24-17(13)25)11-5-7-22-8-6-11/h1-4,9-11,22H,5-8H2,(H,24,26). The second-order valence-corrected chi connectivity index (χ2v) is 6.44. The zero-order chi connectivity index (χ0) is 18.3. The topological polar surface area (TPSA) is 62.2 Å². The van der Waals surface area contributed by atoms with Crippen molar-refractivity contribution in [3.63, 3.8) is 0 Å². The molecule has 1 aliphatic heterocycles. The van der Waals surface area contributed by atoms with Crippen LogP contribution in [-0.2, 0) is 6.18 Å². The van der Waals surface area contributed by atoms with Gasteiger partial charge in [0.25, 0.3) is 5.56 Å². The van der Waals surface area contributed by atoms with E-state index in [-0.39, 0.29) is 22.6 Å². The number of benzene rings is 1. The Labute approximate surface area is 146 Å². The molecule has 1 saturated heterocycles. The molecule has 0 radical (unpaired) electrons. The number of hydrogen-bond donors (Lipinski definition) is 2. The molecule has 0 aliphatic carbocycles. The normalized spacial score (nSPS) is 16.3. The summed E-state index contributed by atoms with van der Waals surface area (Å²) in [7, 11) is 0. The maximum Gasteiger partial charge on any atom is 0.417 e. The lowest BCUT2D eigenvalue weighted by atomic mass is 9.94. The molecule has 1 fully saturated rings. The van der Waals surface area contributed by atoms with E-state index in [1.165, 1.54) is 24.4 Å². The molecule has 0 bridgehead atoms. The molecule has 1 aromatic carbocycles. The number of piperidine rings is 1. The third-order valence-electron chi connectivity index (χ3n) is 4.81. The van der Waals surface area contributed by atoms with Gasteiger partial charge in [0, 0.05) is 17.5 Å². The molecule has 2 aromatic heterocycles. The van der Waals surface area contributed by atoms with Crippen LogP contribution in [0.25, 0.3) is 16.8 Å². The van der Waals surface area contributed by atoms with Crippen molar-refractivity contribution in [1.29, 1.82) is 0 Å². The second-order valence-electron chi connectivity index (χ2n) is 6.44. The van der Waals surface area contributed by atoms with Gasteiger partial charge in [-0.3, -0.25) is 4.79 Å². The van der Waals surface area contributed by atoms with Crippen molar-refractivity contribution in [3.8, 4) is 11.1 Å². The van der Waals surface area contributed by atoms with Gasteiger partial charge in [-0.1, -0.05) is 18.2 Å². The van der Waals surface area contributed by atoms with Crippen molar-refractivity contribution in [3.05, 3.63) is 58.1 Å². The van der Waals surface area contributed by atoms with Crippen molar-refractivity contribution in [2.75, 3.05) is 13.1 Å². The van der Waals surface area contributed by atoms with Crippen molar-refractivity contribution in [2.24, 2.45) is 0 Å². The molecule has 0 unspecified atom stereocenters. The van der Waals surface area contributed by atoms with E-state index in [1.807, 2.05) is 0 Å². The number of aromatic amines is 1. The van der Waals surface area contributed by atoms with Crippen LogP contribution in [0.3, 0.4) is 0 Å². The Morgan fingerprint density at radius 2 is 1.85 bits per heavy atom. The third-order valence-corrected chi connectivity index (χ3v) is 4.81. The molecule has 0 atom stereocenters. The minimum absolute atomic E-state index is 0.00751. The molecule has 5 nitrogen and oxygen atoms in total. The van der Waals surface area contributed by atoms with Gasteiger partial charge in [0.05, 0.1) is 17.5 Å². The fourth-order valence-electron chi connectivity index (χ4n) is 3.58.